The van der Waals surface area contributed by atoms with E-state index in [1.54, 1.807) is 6.08 Å². The summed E-state index contributed by atoms with van der Waals surface area (Å²) in [6, 6.07) is -0.627. The van der Waals surface area contributed by atoms with Gasteiger partial charge in [-0.15, -0.1) is 0 Å². The first-order valence-electron chi connectivity index (χ1n) is 4.46. The standard InChI is InChI=1S/C10H14INO3S/c1-3-8(13)5-4-7(2)6-9(10(14)15)12-16-11/h3-5,9,12-13H,1,6H2,2H3,(H,14,15)/b7-4+,8-5+/t9-/m0/s1. The van der Waals surface area contributed by atoms with Gasteiger partial charge in [0.25, 0.3) is 0 Å². The van der Waals surface area contributed by atoms with Gasteiger partial charge in [0.15, 0.2) is 0 Å². The summed E-state index contributed by atoms with van der Waals surface area (Å²) in [6.45, 7) is 5.21. The van der Waals surface area contributed by atoms with Crippen LogP contribution in [0.5, 0.6) is 0 Å². The van der Waals surface area contributed by atoms with Gasteiger partial charge in [-0.3, -0.25) is 4.79 Å². The van der Waals surface area contributed by atoms with Crippen molar-refractivity contribution in [3.05, 3.63) is 36.1 Å². The Morgan fingerprint density at radius 1 is 1.56 bits per heavy atom. The molecule has 0 saturated heterocycles. The predicted octanol–water partition coefficient (Wildman–Crippen LogP) is 2.99. The monoisotopic (exact) mass is 355 g/mol. The summed E-state index contributed by atoms with van der Waals surface area (Å²) in [7, 11) is 1.24. The van der Waals surface area contributed by atoms with Crippen molar-refractivity contribution in [2.24, 2.45) is 0 Å². The fourth-order valence-corrected chi connectivity index (χ4v) is 2.13. The van der Waals surface area contributed by atoms with Crippen LogP contribution in [-0.2, 0) is 4.79 Å². The predicted molar refractivity (Wildman–Crippen MR) is 75.5 cm³/mol. The molecule has 0 bridgehead atoms. The topological polar surface area (TPSA) is 69.6 Å². The number of halogens is 1. The van der Waals surface area contributed by atoms with Crippen molar-refractivity contribution in [3.63, 3.8) is 0 Å². The Morgan fingerprint density at radius 3 is 2.62 bits per heavy atom. The van der Waals surface area contributed by atoms with E-state index in [1.165, 1.54) is 21.3 Å². The van der Waals surface area contributed by atoms with Gasteiger partial charge in [-0.05, 0) is 34.6 Å². The first-order chi connectivity index (χ1) is 7.51. The van der Waals surface area contributed by atoms with Crippen LogP contribution in [0, 0.1) is 0 Å². The van der Waals surface area contributed by atoms with Gasteiger partial charge in [-0.25, -0.2) is 4.72 Å². The van der Waals surface area contributed by atoms with Crippen LogP contribution >= 0.6 is 30.3 Å². The largest absolute Gasteiger partial charge is 0.508 e. The minimum atomic E-state index is -0.895. The molecule has 0 rings (SSSR count). The molecule has 0 saturated carbocycles. The Hall–Kier alpha value is -0.470. The van der Waals surface area contributed by atoms with E-state index in [-0.39, 0.29) is 5.76 Å². The third-order valence-electron chi connectivity index (χ3n) is 1.76. The molecule has 0 unspecified atom stereocenters. The second kappa shape index (κ2) is 8.66. The van der Waals surface area contributed by atoms with Gasteiger partial charge in [0.2, 0.25) is 0 Å². The Bertz CT molecular complexity index is 315. The maximum Gasteiger partial charge on any atom is 0.321 e. The Labute approximate surface area is 111 Å². The molecule has 0 amide bonds. The van der Waals surface area contributed by atoms with Crippen LogP contribution in [0.25, 0.3) is 0 Å². The average Bonchev–Trinajstić information content (AvgIpc) is 2.25. The molecule has 0 heterocycles. The van der Waals surface area contributed by atoms with Crippen LogP contribution in [-0.4, -0.2) is 22.2 Å². The van der Waals surface area contributed by atoms with E-state index in [9.17, 15) is 4.79 Å². The minimum absolute atomic E-state index is 0.0578. The smallest absolute Gasteiger partial charge is 0.321 e. The third kappa shape index (κ3) is 6.91. The van der Waals surface area contributed by atoms with E-state index < -0.39 is 12.0 Å². The van der Waals surface area contributed by atoms with Gasteiger partial charge in [0, 0.05) is 21.2 Å². The van der Waals surface area contributed by atoms with Crippen LogP contribution in [0.1, 0.15) is 13.3 Å². The van der Waals surface area contributed by atoms with E-state index in [0.29, 0.717) is 6.42 Å². The quantitative estimate of drug-likeness (QED) is 0.284. The number of aliphatic hydroxyl groups excluding tert-OH is 1. The lowest BCUT2D eigenvalue weighted by molar-refractivity contribution is -0.138. The summed E-state index contributed by atoms with van der Waals surface area (Å²) in [5, 5.41) is 18.0. The molecule has 3 N–H and O–H groups in total. The van der Waals surface area contributed by atoms with Crippen molar-refractivity contribution >= 4 is 36.3 Å². The SMILES string of the molecule is C=C/C(O)=C\C=C(/C)C[C@H](NSI)C(=O)O. The van der Waals surface area contributed by atoms with Gasteiger partial charge in [-0.1, -0.05) is 18.2 Å². The molecule has 0 fully saturated rings. The summed E-state index contributed by atoms with van der Waals surface area (Å²) in [5.41, 5.74) is 0.860. The number of nitrogens with one attached hydrogen (secondary N) is 1. The third-order valence-corrected chi connectivity index (χ3v) is 2.90. The molecule has 6 heteroatoms. The summed E-state index contributed by atoms with van der Waals surface area (Å²) >= 11 is 1.98. The molecule has 0 aliphatic heterocycles. The molecule has 90 valence electrons. The van der Waals surface area contributed by atoms with Gasteiger partial charge in [0.05, 0.1) is 0 Å². The summed E-state index contributed by atoms with van der Waals surface area (Å²) in [5.74, 6) is -0.837. The number of hydrogen-bond acceptors (Lipinski definition) is 4. The average molecular weight is 355 g/mol. The summed E-state index contributed by atoms with van der Waals surface area (Å²) in [4.78, 5) is 10.8. The first kappa shape index (κ1) is 15.5. The Kier molecular flexibility index (Phi) is 8.40. The van der Waals surface area contributed by atoms with Crippen molar-refractivity contribution < 1.29 is 15.0 Å². The van der Waals surface area contributed by atoms with Crippen LogP contribution < -0.4 is 4.72 Å². The zero-order valence-corrected chi connectivity index (χ0v) is 11.8. The number of hydrogen-bond donors (Lipinski definition) is 3. The number of aliphatic hydroxyl groups is 1. The highest BCUT2D eigenvalue weighted by Crippen LogP contribution is 2.12. The van der Waals surface area contributed by atoms with E-state index in [4.69, 9.17) is 10.2 Å². The van der Waals surface area contributed by atoms with Crippen LogP contribution in [0.4, 0.5) is 0 Å². The number of carboxylic acids is 1. The number of rotatable bonds is 7. The van der Waals surface area contributed by atoms with E-state index in [2.05, 4.69) is 11.3 Å². The van der Waals surface area contributed by atoms with Crippen LogP contribution in [0.2, 0.25) is 0 Å². The van der Waals surface area contributed by atoms with Crippen molar-refractivity contribution in [2.75, 3.05) is 0 Å². The lowest BCUT2D eigenvalue weighted by Gasteiger charge is -2.11. The van der Waals surface area contributed by atoms with E-state index in [0.717, 1.165) is 5.57 Å². The summed E-state index contributed by atoms with van der Waals surface area (Å²) in [6.07, 6.45) is 4.86. The zero-order chi connectivity index (χ0) is 12.6. The summed E-state index contributed by atoms with van der Waals surface area (Å²) < 4.78 is 2.77. The Morgan fingerprint density at radius 2 is 2.19 bits per heavy atom. The molecular formula is C10H14INO3S. The number of allylic oxidation sites excluding steroid dienone is 3. The van der Waals surface area contributed by atoms with Crippen molar-refractivity contribution in [1.82, 2.24) is 4.72 Å². The first-order valence-corrected chi connectivity index (χ1v) is 7.82. The molecule has 0 spiro atoms. The van der Waals surface area contributed by atoms with Crippen molar-refractivity contribution in [3.8, 4) is 0 Å². The van der Waals surface area contributed by atoms with Crippen LogP contribution in [0.15, 0.2) is 36.1 Å². The minimum Gasteiger partial charge on any atom is -0.508 e. The highest BCUT2D eigenvalue weighted by molar-refractivity contribution is 14.2. The molecule has 0 aliphatic carbocycles. The maximum atomic E-state index is 10.8. The van der Waals surface area contributed by atoms with Gasteiger partial charge in [0.1, 0.15) is 11.8 Å². The second-order valence-corrected chi connectivity index (χ2v) is 4.81. The van der Waals surface area contributed by atoms with Crippen molar-refractivity contribution in [2.45, 2.75) is 19.4 Å². The fourth-order valence-electron chi connectivity index (χ4n) is 0.919. The normalized spacial score (nSPS) is 14.6. The Balaban J connectivity index is 4.44. The lowest BCUT2D eigenvalue weighted by Crippen LogP contribution is -2.31. The molecule has 0 aromatic heterocycles. The molecule has 0 radical (unpaired) electrons. The van der Waals surface area contributed by atoms with E-state index >= 15 is 0 Å². The fraction of sp³-hybridized carbons (Fsp3) is 0.300. The second-order valence-electron chi connectivity index (χ2n) is 3.10. The molecule has 4 nitrogen and oxygen atoms in total. The number of aliphatic carboxylic acids is 1. The molecule has 1 atom stereocenters. The van der Waals surface area contributed by atoms with Crippen LogP contribution in [0.3, 0.4) is 0 Å². The number of carbonyl (C=O) groups is 1. The van der Waals surface area contributed by atoms with E-state index in [1.807, 2.05) is 28.1 Å². The highest BCUT2D eigenvalue weighted by atomic mass is 127. The van der Waals surface area contributed by atoms with Gasteiger partial charge < -0.3 is 10.2 Å². The zero-order valence-electron chi connectivity index (χ0n) is 8.81. The lowest BCUT2D eigenvalue weighted by atomic mass is 10.1. The number of carboxylic acid groups (broad SMARTS) is 1. The van der Waals surface area contributed by atoms with Gasteiger partial charge >= 0.3 is 5.97 Å². The molecular weight excluding hydrogens is 341 g/mol. The molecule has 16 heavy (non-hydrogen) atoms. The molecule has 0 aromatic carbocycles. The molecule has 0 aliphatic rings. The maximum absolute atomic E-state index is 10.8. The van der Waals surface area contributed by atoms with Gasteiger partial charge in [-0.2, -0.15) is 0 Å². The molecule has 0 aromatic rings. The van der Waals surface area contributed by atoms with Crippen molar-refractivity contribution in [1.29, 1.82) is 0 Å². The highest BCUT2D eigenvalue weighted by Gasteiger charge is 2.16.